The molecule has 6 rings (SSSR count). The first-order chi connectivity index (χ1) is 18.2. The lowest BCUT2D eigenvalue weighted by molar-refractivity contribution is -0.140. The van der Waals surface area contributed by atoms with E-state index in [1.807, 2.05) is 17.8 Å². The van der Waals surface area contributed by atoms with Crippen LogP contribution in [0.2, 0.25) is 0 Å². The third kappa shape index (κ3) is 4.07. The highest BCUT2D eigenvalue weighted by Crippen LogP contribution is 2.47. The number of hydrogen-bond acceptors (Lipinski definition) is 7. The van der Waals surface area contributed by atoms with E-state index < -0.39 is 11.9 Å². The number of aryl methyl sites for hydroxylation is 2. The van der Waals surface area contributed by atoms with Crippen LogP contribution >= 0.6 is 0 Å². The summed E-state index contributed by atoms with van der Waals surface area (Å²) in [7, 11) is 5.10. The summed E-state index contributed by atoms with van der Waals surface area (Å²) >= 11 is 0. The van der Waals surface area contributed by atoms with Gasteiger partial charge < -0.3 is 14.2 Å². The summed E-state index contributed by atoms with van der Waals surface area (Å²) in [5.41, 5.74) is 5.20. The molecule has 5 heterocycles. The van der Waals surface area contributed by atoms with Gasteiger partial charge in [-0.25, -0.2) is 15.0 Å². The van der Waals surface area contributed by atoms with E-state index in [4.69, 9.17) is 9.84 Å². The van der Waals surface area contributed by atoms with Crippen LogP contribution in [-0.4, -0.2) is 47.9 Å². The Balaban J connectivity index is 1.35. The lowest BCUT2D eigenvalue weighted by Crippen LogP contribution is -2.33. The second-order valence-electron chi connectivity index (χ2n) is 10.00. The molecule has 198 valence electrons. The van der Waals surface area contributed by atoms with Crippen LogP contribution in [0.1, 0.15) is 54.2 Å². The largest absolute Gasteiger partial charge is 0.480 e. The Labute approximate surface area is 217 Å². The highest BCUT2D eigenvalue weighted by molar-refractivity contribution is 5.73. The van der Waals surface area contributed by atoms with Crippen molar-refractivity contribution in [1.82, 2.24) is 34.3 Å². The first kappa shape index (κ1) is 24.4. The maximum absolute atomic E-state index is 13.1. The van der Waals surface area contributed by atoms with Gasteiger partial charge in [-0.15, -0.1) is 0 Å². The van der Waals surface area contributed by atoms with Crippen LogP contribution in [0.25, 0.3) is 22.8 Å². The van der Waals surface area contributed by atoms with E-state index in [1.54, 1.807) is 25.7 Å². The van der Waals surface area contributed by atoms with Gasteiger partial charge in [-0.05, 0) is 25.0 Å². The Hall–Kier alpha value is -3.96. The number of methoxy groups -OCH3 is 1. The van der Waals surface area contributed by atoms with Crippen LogP contribution in [0.3, 0.4) is 0 Å². The van der Waals surface area contributed by atoms with Crippen LogP contribution in [0.4, 0.5) is 18.9 Å². The van der Waals surface area contributed by atoms with Crippen LogP contribution in [0.5, 0.6) is 5.88 Å². The fourth-order valence-electron chi connectivity index (χ4n) is 5.40. The Bertz CT molecular complexity index is 1500. The summed E-state index contributed by atoms with van der Waals surface area (Å²) in [4.78, 5) is 19.4. The van der Waals surface area contributed by atoms with E-state index in [9.17, 15) is 13.2 Å². The zero-order chi connectivity index (χ0) is 26.8. The second kappa shape index (κ2) is 8.81. The number of fused-ring (bicyclic) bond motifs is 1. The number of ether oxygens (including phenoxy) is 1. The molecule has 38 heavy (non-hydrogen) atoms. The van der Waals surface area contributed by atoms with Gasteiger partial charge in [0.1, 0.15) is 17.7 Å². The molecule has 12 heteroatoms. The van der Waals surface area contributed by atoms with Crippen LogP contribution in [-0.2, 0) is 26.8 Å². The summed E-state index contributed by atoms with van der Waals surface area (Å²) in [6.45, 7) is 3.49. The average molecular weight is 525 g/mol. The normalized spacial score (nSPS) is 17.6. The molecular weight excluding hydrogens is 497 g/mol. The zero-order valence-corrected chi connectivity index (χ0v) is 21.5. The van der Waals surface area contributed by atoms with Crippen molar-refractivity contribution in [1.29, 1.82) is 0 Å². The molecule has 0 aromatic carbocycles. The minimum atomic E-state index is -4.51. The molecule has 9 nitrogen and oxygen atoms in total. The van der Waals surface area contributed by atoms with Crippen molar-refractivity contribution in [3.63, 3.8) is 0 Å². The lowest BCUT2D eigenvalue weighted by Gasteiger charge is -2.33. The number of pyridine rings is 1. The zero-order valence-electron chi connectivity index (χ0n) is 21.5. The van der Waals surface area contributed by atoms with Crippen LogP contribution < -0.4 is 9.64 Å². The van der Waals surface area contributed by atoms with E-state index in [2.05, 4.69) is 31.8 Å². The van der Waals surface area contributed by atoms with Gasteiger partial charge >= 0.3 is 6.18 Å². The minimum Gasteiger partial charge on any atom is -0.480 e. The maximum Gasteiger partial charge on any atom is 0.434 e. The molecule has 2 aliphatic rings. The number of imidazole rings is 1. The minimum absolute atomic E-state index is 0.163. The Morgan fingerprint density at radius 2 is 1.87 bits per heavy atom. The van der Waals surface area contributed by atoms with Gasteiger partial charge in [-0.1, -0.05) is 6.92 Å². The molecule has 1 atom stereocenters. The first-order valence-electron chi connectivity index (χ1n) is 12.4. The molecule has 4 aromatic rings. The lowest BCUT2D eigenvalue weighted by atomic mass is 9.93. The van der Waals surface area contributed by atoms with E-state index in [0.717, 1.165) is 59.5 Å². The van der Waals surface area contributed by atoms with Crippen LogP contribution in [0, 0.1) is 0 Å². The molecule has 1 fully saturated rings. The third-order valence-electron chi connectivity index (χ3n) is 7.25. The Morgan fingerprint density at radius 1 is 1.08 bits per heavy atom. The van der Waals surface area contributed by atoms with Gasteiger partial charge in [0.25, 0.3) is 0 Å². The predicted octanol–water partition coefficient (Wildman–Crippen LogP) is 4.70. The monoisotopic (exact) mass is 524 g/mol. The third-order valence-corrected chi connectivity index (χ3v) is 7.25. The van der Waals surface area contributed by atoms with E-state index in [0.29, 0.717) is 24.0 Å². The molecule has 4 aromatic heterocycles. The molecule has 1 unspecified atom stereocenters. The molecule has 0 N–H and O–H groups in total. The Morgan fingerprint density at radius 3 is 2.50 bits per heavy atom. The summed E-state index contributed by atoms with van der Waals surface area (Å²) in [6, 6.07) is 3.58. The topological polar surface area (TPSA) is 86.8 Å². The number of anilines is 1. The van der Waals surface area contributed by atoms with Gasteiger partial charge in [0, 0.05) is 56.5 Å². The fourth-order valence-corrected chi connectivity index (χ4v) is 5.40. The molecule has 0 radical (unpaired) electrons. The SMILES string of the molecule is COc1ncnc(C2CC2)c1-c1nn(C)c2c1CN(c1ccc(-c3nc(C(F)(F)F)cn3C)nc1)CC2C. The van der Waals surface area contributed by atoms with Crippen LogP contribution in [0.15, 0.2) is 30.9 Å². The smallest absolute Gasteiger partial charge is 0.434 e. The number of hydrogen-bond donors (Lipinski definition) is 0. The quantitative estimate of drug-likeness (QED) is 0.374. The standard InChI is InChI=1S/C26H27F3N8O/c1-14-10-37(16-7-8-18(30-9-16)24-33-19(12-35(24)2)26(27,28)29)11-17-22(34-36(3)23(14)17)20-21(15-5-6-15)31-13-32-25(20)38-4/h7-9,12-15H,5-6,10-11H2,1-4H3. The summed E-state index contributed by atoms with van der Waals surface area (Å²) < 4.78 is 48.3. The molecule has 0 saturated heterocycles. The van der Waals surface area contributed by atoms with Crippen molar-refractivity contribution in [3.05, 3.63) is 53.5 Å². The fraction of sp³-hybridized carbons (Fsp3) is 0.423. The maximum atomic E-state index is 13.1. The van der Waals surface area contributed by atoms with E-state index in [1.165, 1.54) is 11.6 Å². The second-order valence-corrected chi connectivity index (χ2v) is 10.00. The van der Waals surface area contributed by atoms with E-state index in [-0.39, 0.29) is 11.7 Å². The molecule has 0 amide bonds. The highest BCUT2D eigenvalue weighted by Gasteiger charge is 2.37. The Kier molecular flexibility index (Phi) is 5.65. The summed E-state index contributed by atoms with van der Waals surface area (Å²) in [6.07, 6.45) is 1.87. The van der Waals surface area contributed by atoms with Gasteiger partial charge in [0.05, 0.1) is 30.3 Å². The van der Waals surface area contributed by atoms with E-state index >= 15 is 0 Å². The molecule has 0 bridgehead atoms. The number of aromatic nitrogens is 7. The van der Waals surface area contributed by atoms with Crippen molar-refractivity contribution in [2.75, 3.05) is 18.6 Å². The summed E-state index contributed by atoms with van der Waals surface area (Å²) in [5.74, 6) is 1.24. The van der Waals surface area contributed by atoms with Gasteiger partial charge in [-0.2, -0.15) is 18.3 Å². The first-order valence-corrected chi connectivity index (χ1v) is 12.4. The predicted molar refractivity (Wildman–Crippen MR) is 134 cm³/mol. The van der Waals surface area contributed by atoms with Crippen molar-refractivity contribution in [3.8, 4) is 28.7 Å². The average Bonchev–Trinajstić information content (AvgIpc) is 3.58. The van der Waals surface area contributed by atoms with Gasteiger partial charge in [0.2, 0.25) is 5.88 Å². The van der Waals surface area contributed by atoms with Crippen molar-refractivity contribution in [2.24, 2.45) is 14.1 Å². The molecular formula is C26H27F3N8O. The number of alkyl halides is 3. The number of rotatable bonds is 5. The van der Waals surface area contributed by atoms with Gasteiger partial charge in [-0.3, -0.25) is 9.67 Å². The molecule has 1 aliphatic heterocycles. The summed E-state index contributed by atoms with van der Waals surface area (Å²) in [5, 5.41) is 4.92. The van der Waals surface area contributed by atoms with Crippen molar-refractivity contribution >= 4 is 5.69 Å². The number of halogens is 3. The van der Waals surface area contributed by atoms with Crippen molar-refractivity contribution in [2.45, 2.75) is 44.3 Å². The van der Waals surface area contributed by atoms with Crippen molar-refractivity contribution < 1.29 is 17.9 Å². The molecule has 1 aliphatic carbocycles. The van der Waals surface area contributed by atoms with Gasteiger partial charge in [0.15, 0.2) is 11.5 Å². The molecule has 0 spiro atoms. The number of nitrogens with zero attached hydrogens (tertiary/aromatic N) is 8. The molecule has 1 saturated carbocycles. The highest BCUT2D eigenvalue weighted by atomic mass is 19.4.